The number of piperazine rings is 1. The van der Waals surface area contributed by atoms with Gasteiger partial charge in [0.1, 0.15) is 5.75 Å². The van der Waals surface area contributed by atoms with Crippen LogP contribution in [0.2, 0.25) is 0 Å². The van der Waals surface area contributed by atoms with Gasteiger partial charge in [0.25, 0.3) is 0 Å². The lowest BCUT2D eigenvalue weighted by Crippen LogP contribution is -2.49. The Kier molecular flexibility index (Phi) is 5.16. The summed E-state index contributed by atoms with van der Waals surface area (Å²) in [6.07, 6.45) is 0. The van der Waals surface area contributed by atoms with Crippen molar-refractivity contribution >= 4 is 17.5 Å². The Hall–Kier alpha value is -2.08. The summed E-state index contributed by atoms with van der Waals surface area (Å²) in [4.78, 5) is 27.1. The van der Waals surface area contributed by atoms with E-state index in [2.05, 4.69) is 10.2 Å². The molecule has 0 bridgehead atoms. The van der Waals surface area contributed by atoms with Crippen molar-refractivity contribution in [1.29, 1.82) is 0 Å². The third-order valence-electron chi connectivity index (χ3n) is 3.56. The molecule has 0 spiro atoms. The average molecular weight is 291 g/mol. The molecule has 2 amide bonds. The van der Waals surface area contributed by atoms with Gasteiger partial charge in [0, 0.05) is 38.8 Å². The highest BCUT2D eigenvalue weighted by atomic mass is 16.5. The highest BCUT2D eigenvalue weighted by Crippen LogP contribution is 2.15. The van der Waals surface area contributed by atoms with Gasteiger partial charge in [-0.15, -0.1) is 0 Å². The second-order valence-electron chi connectivity index (χ2n) is 5.06. The molecule has 0 radical (unpaired) electrons. The zero-order chi connectivity index (χ0) is 15.2. The van der Waals surface area contributed by atoms with Crippen LogP contribution < -0.4 is 10.1 Å². The summed E-state index contributed by atoms with van der Waals surface area (Å²) in [5.74, 6) is 0.808. The summed E-state index contributed by atoms with van der Waals surface area (Å²) in [7, 11) is 1.61. The number of carbonyl (C=O) groups excluding carboxylic acids is 2. The standard InChI is InChI=1S/C15H21N3O3/c1-12(19)18-9-7-17(8-10-18)11-15(20)16-13-3-5-14(21-2)6-4-13/h3-6H,7-11H2,1-2H3,(H,16,20). The third kappa shape index (κ3) is 4.46. The first-order chi connectivity index (χ1) is 10.1. The van der Waals surface area contributed by atoms with Crippen molar-refractivity contribution < 1.29 is 14.3 Å². The normalized spacial score (nSPS) is 15.6. The predicted molar refractivity (Wildman–Crippen MR) is 80.3 cm³/mol. The smallest absolute Gasteiger partial charge is 0.238 e. The highest BCUT2D eigenvalue weighted by molar-refractivity contribution is 5.92. The van der Waals surface area contributed by atoms with E-state index in [4.69, 9.17) is 4.74 Å². The van der Waals surface area contributed by atoms with Crippen LogP contribution in [-0.4, -0.2) is 61.4 Å². The van der Waals surface area contributed by atoms with Crippen molar-refractivity contribution in [2.75, 3.05) is 45.2 Å². The van der Waals surface area contributed by atoms with Crippen molar-refractivity contribution in [1.82, 2.24) is 9.80 Å². The molecule has 1 aromatic carbocycles. The molecule has 0 aliphatic carbocycles. The second kappa shape index (κ2) is 7.08. The van der Waals surface area contributed by atoms with Crippen LogP contribution in [0.1, 0.15) is 6.92 Å². The Balaban J connectivity index is 1.78. The van der Waals surface area contributed by atoms with Gasteiger partial charge in [0.15, 0.2) is 0 Å². The monoisotopic (exact) mass is 291 g/mol. The minimum Gasteiger partial charge on any atom is -0.497 e. The fourth-order valence-electron chi connectivity index (χ4n) is 2.30. The molecular weight excluding hydrogens is 270 g/mol. The molecule has 1 fully saturated rings. The van der Waals surface area contributed by atoms with Gasteiger partial charge in [-0.05, 0) is 24.3 Å². The van der Waals surface area contributed by atoms with Gasteiger partial charge in [0.2, 0.25) is 11.8 Å². The summed E-state index contributed by atoms with van der Waals surface area (Å²) < 4.78 is 5.07. The van der Waals surface area contributed by atoms with E-state index in [9.17, 15) is 9.59 Å². The van der Waals surface area contributed by atoms with Crippen LogP contribution in [0.3, 0.4) is 0 Å². The average Bonchev–Trinajstić information content (AvgIpc) is 2.48. The lowest BCUT2D eigenvalue weighted by Gasteiger charge is -2.33. The zero-order valence-electron chi connectivity index (χ0n) is 12.5. The van der Waals surface area contributed by atoms with Crippen LogP contribution in [0.25, 0.3) is 0 Å². The number of carbonyl (C=O) groups is 2. The molecule has 6 heteroatoms. The maximum absolute atomic E-state index is 12.0. The summed E-state index contributed by atoms with van der Waals surface area (Å²) in [5, 5.41) is 2.86. The number of nitrogens with zero attached hydrogens (tertiary/aromatic N) is 2. The fourth-order valence-corrected chi connectivity index (χ4v) is 2.30. The van der Waals surface area contributed by atoms with Crippen LogP contribution in [0, 0.1) is 0 Å². The van der Waals surface area contributed by atoms with Crippen LogP contribution in [-0.2, 0) is 9.59 Å². The molecule has 0 unspecified atom stereocenters. The number of methoxy groups -OCH3 is 1. The predicted octanol–water partition coefficient (Wildman–Crippen LogP) is 0.798. The zero-order valence-corrected chi connectivity index (χ0v) is 12.5. The first-order valence-corrected chi connectivity index (χ1v) is 7.00. The summed E-state index contributed by atoms with van der Waals surface area (Å²) in [6.45, 7) is 4.76. The molecule has 6 nitrogen and oxygen atoms in total. The fraction of sp³-hybridized carbons (Fsp3) is 0.467. The Bertz CT molecular complexity index is 493. The van der Waals surface area contributed by atoms with E-state index in [1.165, 1.54) is 0 Å². The molecule has 1 N–H and O–H groups in total. The number of benzene rings is 1. The molecule has 0 atom stereocenters. The molecule has 0 aromatic heterocycles. The summed E-state index contributed by atoms with van der Waals surface area (Å²) in [5.41, 5.74) is 0.753. The van der Waals surface area contributed by atoms with E-state index in [0.29, 0.717) is 19.6 Å². The van der Waals surface area contributed by atoms with Gasteiger partial charge in [0.05, 0.1) is 13.7 Å². The third-order valence-corrected chi connectivity index (χ3v) is 3.56. The Labute approximate surface area is 124 Å². The number of hydrogen-bond donors (Lipinski definition) is 1. The summed E-state index contributed by atoms with van der Waals surface area (Å²) in [6, 6.07) is 7.23. The van der Waals surface area contributed by atoms with E-state index < -0.39 is 0 Å². The van der Waals surface area contributed by atoms with Crippen molar-refractivity contribution in [2.45, 2.75) is 6.92 Å². The number of amides is 2. The SMILES string of the molecule is COc1ccc(NC(=O)CN2CCN(C(C)=O)CC2)cc1. The molecule has 0 saturated carbocycles. The molecular formula is C15H21N3O3. The lowest BCUT2D eigenvalue weighted by molar-refractivity contribution is -0.130. The molecule has 1 saturated heterocycles. The van der Waals surface area contributed by atoms with E-state index in [1.807, 2.05) is 12.1 Å². The number of nitrogens with one attached hydrogen (secondary N) is 1. The van der Waals surface area contributed by atoms with Crippen molar-refractivity contribution in [2.24, 2.45) is 0 Å². The van der Waals surface area contributed by atoms with E-state index in [-0.39, 0.29) is 11.8 Å². The summed E-state index contributed by atoms with van der Waals surface area (Å²) >= 11 is 0. The highest BCUT2D eigenvalue weighted by Gasteiger charge is 2.20. The van der Waals surface area contributed by atoms with Gasteiger partial charge in [-0.3, -0.25) is 14.5 Å². The first kappa shape index (κ1) is 15.3. The first-order valence-electron chi connectivity index (χ1n) is 7.00. The van der Waals surface area contributed by atoms with E-state index in [1.54, 1.807) is 31.1 Å². The van der Waals surface area contributed by atoms with Crippen LogP contribution in [0.4, 0.5) is 5.69 Å². The Morgan fingerprint density at radius 3 is 2.29 bits per heavy atom. The molecule has 1 aliphatic rings. The molecule has 1 aliphatic heterocycles. The van der Waals surface area contributed by atoms with Gasteiger partial charge < -0.3 is 15.0 Å². The molecule has 1 aromatic rings. The number of anilines is 1. The van der Waals surface area contributed by atoms with Gasteiger partial charge >= 0.3 is 0 Å². The Morgan fingerprint density at radius 1 is 1.14 bits per heavy atom. The largest absolute Gasteiger partial charge is 0.497 e. The van der Waals surface area contributed by atoms with Crippen molar-refractivity contribution in [3.8, 4) is 5.75 Å². The minimum atomic E-state index is -0.0450. The molecule has 1 heterocycles. The quantitative estimate of drug-likeness (QED) is 0.891. The Morgan fingerprint density at radius 2 is 1.76 bits per heavy atom. The van der Waals surface area contributed by atoms with Gasteiger partial charge in [-0.2, -0.15) is 0 Å². The topological polar surface area (TPSA) is 61.9 Å². The van der Waals surface area contributed by atoms with Crippen LogP contribution in [0.5, 0.6) is 5.75 Å². The molecule has 2 rings (SSSR count). The maximum Gasteiger partial charge on any atom is 0.238 e. The second-order valence-corrected chi connectivity index (χ2v) is 5.06. The molecule has 114 valence electrons. The van der Waals surface area contributed by atoms with Crippen LogP contribution >= 0.6 is 0 Å². The number of rotatable bonds is 4. The minimum absolute atomic E-state index is 0.0450. The van der Waals surface area contributed by atoms with Crippen molar-refractivity contribution in [3.05, 3.63) is 24.3 Å². The van der Waals surface area contributed by atoms with E-state index in [0.717, 1.165) is 24.5 Å². The number of hydrogen-bond acceptors (Lipinski definition) is 4. The van der Waals surface area contributed by atoms with E-state index >= 15 is 0 Å². The van der Waals surface area contributed by atoms with Gasteiger partial charge in [-0.1, -0.05) is 0 Å². The number of ether oxygens (including phenoxy) is 1. The molecule has 21 heavy (non-hydrogen) atoms. The van der Waals surface area contributed by atoms with Crippen LogP contribution in [0.15, 0.2) is 24.3 Å². The lowest BCUT2D eigenvalue weighted by atomic mass is 10.3. The van der Waals surface area contributed by atoms with Crippen molar-refractivity contribution in [3.63, 3.8) is 0 Å². The van der Waals surface area contributed by atoms with Gasteiger partial charge in [-0.25, -0.2) is 0 Å². The maximum atomic E-state index is 12.0.